The summed E-state index contributed by atoms with van der Waals surface area (Å²) < 4.78 is 10.8. The summed E-state index contributed by atoms with van der Waals surface area (Å²) in [5, 5.41) is 2.05. The molecule has 3 aliphatic heterocycles. The molecule has 0 spiro atoms. The molecule has 0 radical (unpaired) electrons. The zero-order valence-electron chi connectivity index (χ0n) is 16.4. The normalized spacial score (nSPS) is 21.1. The number of nitrogens with one attached hydrogen (secondary N) is 1. The van der Waals surface area contributed by atoms with Gasteiger partial charge in [-0.3, -0.25) is 5.01 Å². The van der Waals surface area contributed by atoms with E-state index < -0.39 is 0 Å². The van der Waals surface area contributed by atoms with E-state index in [9.17, 15) is 0 Å². The standard InChI is InChI=1S/C20H26N6O2/c1-24-18-17-16(23-24)7-8-26(13-14-3-5-15(27-2)6-4-14)19(17)22-20(21-18)25-9-11-28-12-10-25/h3-6,16,23H,7-13H2,1-2H3. The van der Waals surface area contributed by atoms with Crippen molar-refractivity contribution in [3.8, 4) is 5.75 Å². The number of nitrogens with zero attached hydrogens (tertiary/aromatic N) is 5. The first kappa shape index (κ1) is 17.5. The highest BCUT2D eigenvalue weighted by Crippen LogP contribution is 2.43. The third-order valence-electron chi connectivity index (χ3n) is 5.72. The first-order valence-electron chi connectivity index (χ1n) is 9.85. The van der Waals surface area contributed by atoms with Gasteiger partial charge in [0.05, 0.1) is 31.9 Å². The van der Waals surface area contributed by atoms with Gasteiger partial charge in [0.1, 0.15) is 11.6 Å². The monoisotopic (exact) mass is 382 g/mol. The Balaban J connectivity index is 1.50. The van der Waals surface area contributed by atoms with Crippen molar-refractivity contribution in [2.24, 2.45) is 0 Å². The van der Waals surface area contributed by atoms with E-state index in [2.05, 4.69) is 27.4 Å². The second-order valence-electron chi connectivity index (χ2n) is 7.48. The molecule has 8 nitrogen and oxygen atoms in total. The minimum Gasteiger partial charge on any atom is -0.497 e. The van der Waals surface area contributed by atoms with Crippen molar-refractivity contribution in [3.63, 3.8) is 0 Å². The Morgan fingerprint density at radius 3 is 2.61 bits per heavy atom. The van der Waals surface area contributed by atoms with Gasteiger partial charge in [-0.25, -0.2) is 5.43 Å². The fourth-order valence-electron chi connectivity index (χ4n) is 4.21. The minimum atomic E-state index is 0.292. The van der Waals surface area contributed by atoms with Crippen LogP contribution in [0.1, 0.15) is 23.6 Å². The SMILES string of the molecule is COc1ccc(CN2CCC3NN(C)c4nc(N5CCOCC5)nc2c43)cc1. The van der Waals surface area contributed by atoms with E-state index in [1.54, 1.807) is 7.11 Å². The van der Waals surface area contributed by atoms with E-state index in [0.29, 0.717) is 6.04 Å². The predicted molar refractivity (Wildman–Crippen MR) is 108 cm³/mol. The Morgan fingerprint density at radius 2 is 1.86 bits per heavy atom. The molecule has 1 unspecified atom stereocenters. The van der Waals surface area contributed by atoms with E-state index in [0.717, 1.165) is 69.1 Å². The molecular formula is C20H26N6O2. The molecule has 1 aromatic carbocycles. The molecule has 1 fully saturated rings. The van der Waals surface area contributed by atoms with Crippen LogP contribution in [-0.2, 0) is 11.3 Å². The summed E-state index contributed by atoms with van der Waals surface area (Å²) in [6, 6.07) is 8.57. The quantitative estimate of drug-likeness (QED) is 0.858. The van der Waals surface area contributed by atoms with Crippen LogP contribution in [0.4, 0.5) is 17.6 Å². The van der Waals surface area contributed by atoms with Crippen LogP contribution in [0.5, 0.6) is 5.75 Å². The van der Waals surface area contributed by atoms with Crippen LogP contribution in [0.2, 0.25) is 0 Å². The highest BCUT2D eigenvalue weighted by molar-refractivity contribution is 5.68. The molecule has 0 saturated carbocycles. The van der Waals surface area contributed by atoms with E-state index in [-0.39, 0.29) is 0 Å². The molecule has 0 bridgehead atoms. The number of hydrogen-bond donors (Lipinski definition) is 1. The van der Waals surface area contributed by atoms with E-state index in [1.807, 2.05) is 24.2 Å². The van der Waals surface area contributed by atoms with Gasteiger partial charge in [0.15, 0.2) is 5.82 Å². The third kappa shape index (κ3) is 3.02. The largest absolute Gasteiger partial charge is 0.497 e. The van der Waals surface area contributed by atoms with E-state index in [4.69, 9.17) is 19.4 Å². The van der Waals surface area contributed by atoms with Crippen molar-refractivity contribution in [3.05, 3.63) is 35.4 Å². The number of methoxy groups -OCH3 is 1. The van der Waals surface area contributed by atoms with Crippen molar-refractivity contribution in [1.82, 2.24) is 15.4 Å². The van der Waals surface area contributed by atoms with Gasteiger partial charge >= 0.3 is 0 Å². The highest BCUT2D eigenvalue weighted by Gasteiger charge is 2.37. The lowest BCUT2D eigenvalue weighted by Gasteiger charge is -2.34. The first-order chi connectivity index (χ1) is 13.7. The topological polar surface area (TPSA) is 66.0 Å². The molecule has 1 N–H and O–H groups in total. The van der Waals surface area contributed by atoms with Crippen molar-refractivity contribution in [2.45, 2.75) is 19.0 Å². The van der Waals surface area contributed by atoms with Gasteiger partial charge in [0.2, 0.25) is 5.95 Å². The fraction of sp³-hybridized carbons (Fsp3) is 0.500. The predicted octanol–water partition coefficient (Wildman–Crippen LogP) is 1.73. The van der Waals surface area contributed by atoms with Crippen molar-refractivity contribution >= 4 is 17.6 Å². The number of aromatic nitrogens is 2. The van der Waals surface area contributed by atoms with Crippen LogP contribution in [0.3, 0.4) is 0 Å². The Kier molecular flexibility index (Phi) is 4.44. The Bertz CT molecular complexity index is 853. The zero-order chi connectivity index (χ0) is 19.1. The van der Waals surface area contributed by atoms with Gasteiger partial charge < -0.3 is 19.3 Å². The maximum atomic E-state index is 5.50. The van der Waals surface area contributed by atoms with Crippen LogP contribution in [-0.4, -0.2) is 57.0 Å². The highest BCUT2D eigenvalue weighted by atomic mass is 16.5. The number of hydrogen-bond acceptors (Lipinski definition) is 8. The second kappa shape index (κ2) is 7.10. The molecule has 1 saturated heterocycles. The van der Waals surface area contributed by atoms with Gasteiger partial charge in [-0.1, -0.05) is 12.1 Å². The molecule has 3 aliphatic rings. The van der Waals surface area contributed by atoms with Crippen LogP contribution < -0.4 is 25.0 Å². The van der Waals surface area contributed by atoms with Crippen molar-refractivity contribution < 1.29 is 9.47 Å². The molecule has 5 rings (SSSR count). The molecule has 4 heterocycles. The molecule has 0 aliphatic carbocycles. The summed E-state index contributed by atoms with van der Waals surface area (Å²) in [6.45, 7) is 4.90. The summed E-state index contributed by atoms with van der Waals surface area (Å²) in [6.07, 6.45) is 1.04. The summed E-state index contributed by atoms with van der Waals surface area (Å²) in [7, 11) is 3.73. The van der Waals surface area contributed by atoms with Gasteiger partial charge in [-0.2, -0.15) is 9.97 Å². The lowest BCUT2D eigenvalue weighted by molar-refractivity contribution is 0.122. The van der Waals surface area contributed by atoms with E-state index in [1.165, 1.54) is 11.1 Å². The lowest BCUT2D eigenvalue weighted by atomic mass is 10.0. The maximum absolute atomic E-state index is 5.50. The minimum absolute atomic E-state index is 0.292. The van der Waals surface area contributed by atoms with Gasteiger partial charge in [0, 0.05) is 33.2 Å². The fourth-order valence-corrected chi connectivity index (χ4v) is 4.21. The average molecular weight is 382 g/mol. The molecule has 8 heteroatoms. The second-order valence-corrected chi connectivity index (χ2v) is 7.48. The molecule has 2 aromatic rings. The van der Waals surface area contributed by atoms with Gasteiger partial charge in [0.25, 0.3) is 0 Å². The van der Waals surface area contributed by atoms with Gasteiger partial charge in [-0.05, 0) is 24.1 Å². The van der Waals surface area contributed by atoms with Crippen molar-refractivity contribution in [2.75, 3.05) is 61.8 Å². The average Bonchev–Trinajstić information content (AvgIpc) is 3.07. The molecule has 1 atom stereocenters. The van der Waals surface area contributed by atoms with Crippen LogP contribution >= 0.6 is 0 Å². The smallest absolute Gasteiger partial charge is 0.229 e. The molecular weight excluding hydrogens is 356 g/mol. The summed E-state index contributed by atoms with van der Waals surface area (Å²) >= 11 is 0. The molecule has 0 amide bonds. The Hall–Kier alpha value is -2.58. The van der Waals surface area contributed by atoms with Crippen LogP contribution in [0, 0.1) is 0 Å². The molecule has 28 heavy (non-hydrogen) atoms. The number of morpholine rings is 1. The molecule has 1 aromatic heterocycles. The number of anilines is 3. The van der Waals surface area contributed by atoms with Crippen LogP contribution in [0.15, 0.2) is 24.3 Å². The summed E-state index contributed by atoms with van der Waals surface area (Å²) in [5.41, 5.74) is 6.01. The Morgan fingerprint density at radius 1 is 1.11 bits per heavy atom. The molecule has 148 valence electrons. The lowest BCUT2D eigenvalue weighted by Crippen LogP contribution is -2.38. The number of benzene rings is 1. The summed E-state index contributed by atoms with van der Waals surface area (Å²) in [4.78, 5) is 14.5. The van der Waals surface area contributed by atoms with Crippen molar-refractivity contribution in [1.29, 1.82) is 0 Å². The zero-order valence-corrected chi connectivity index (χ0v) is 16.4. The number of hydrazine groups is 1. The van der Waals surface area contributed by atoms with E-state index >= 15 is 0 Å². The number of ether oxygens (including phenoxy) is 2. The third-order valence-corrected chi connectivity index (χ3v) is 5.72. The number of rotatable bonds is 4. The first-order valence-corrected chi connectivity index (χ1v) is 9.85. The van der Waals surface area contributed by atoms with Crippen LogP contribution in [0.25, 0.3) is 0 Å². The Labute approximate surface area is 165 Å². The maximum Gasteiger partial charge on any atom is 0.229 e. The summed E-state index contributed by atoms with van der Waals surface area (Å²) in [5.74, 6) is 3.73. The van der Waals surface area contributed by atoms with Gasteiger partial charge in [-0.15, -0.1) is 0 Å².